The van der Waals surface area contributed by atoms with Gasteiger partial charge in [0.25, 0.3) is 0 Å². The molecule has 0 fully saturated rings. The smallest absolute Gasteiger partial charge is 0.319 e. The topological polar surface area (TPSA) is 113 Å². The van der Waals surface area contributed by atoms with Crippen molar-refractivity contribution in [1.29, 1.82) is 0 Å². The van der Waals surface area contributed by atoms with Crippen LogP contribution in [0.1, 0.15) is 34.2 Å². The van der Waals surface area contributed by atoms with Gasteiger partial charge in [-0.3, -0.25) is 9.89 Å². The highest BCUT2D eigenvalue weighted by Crippen LogP contribution is 2.16. The van der Waals surface area contributed by atoms with Gasteiger partial charge in [-0.15, -0.1) is 0 Å². The lowest BCUT2D eigenvalue weighted by molar-refractivity contribution is 0.1000. The number of hydrogen-bond donors (Lipinski definition) is 4. The van der Waals surface area contributed by atoms with E-state index < -0.39 is 5.91 Å². The molecule has 0 spiro atoms. The van der Waals surface area contributed by atoms with Crippen molar-refractivity contribution in [3.63, 3.8) is 0 Å². The Balaban J connectivity index is 1.92. The second-order valence-corrected chi connectivity index (χ2v) is 5.64. The van der Waals surface area contributed by atoms with Crippen LogP contribution in [0.3, 0.4) is 0 Å². The molecule has 1 aromatic carbocycles. The van der Waals surface area contributed by atoms with Gasteiger partial charge in [0.05, 0.1) is 5.69 Å². The fourth-order valence-electron chi connectivity index (χ4n) is 2.28. The number of benzene rings is 1. The minimum Gasteiger partial charge on any atom is -0.366 e. The predicted octanol–water partition coefficient (Wildman–Crippen LogP) is 1.88. The standard InChI is InChI=1S/C16H21N5O2/c1-9-6-12(15(17)22)4-5-14(9)19-16(23)18-10(2)7-13-8-11(3)20-21-13/h4-6,8,10H,7H2,1-3H3,(H2,17,22)(H,20,21)(H2,18,19,23)/t10-/m1/s1. The minimum absolute atomic E-state index is 0.0668. The number of urea groups is 1. The fourth-order valence-corrected chi connectivity index (χ4v) is 2.28. The molecule has 3 amide bonds. The second kappa shape index (κ2) is 6.95. The minimum atomic E-state index is -0.494. The van der Waals surface area contributed by atoms with E-state index >= 15 is 0 Å². The van der Waals surface area contributed by atoms with Crippen molar-refractivity contribution in [2.24, 2.45) is 5.73 Å². The molecular weight excluding hydrogens is 294 g/mol. The number of rotatable bonds is 5. The summed E-state index contributed by atoms with van der Waals surface area (Å²) in [4.78, 5) is 23.2. The van der Waals surface area contributed by atoms with E-state index in [0.717, 1.165) is 17.0 Å². The molecule has 0 bridgehead atoms. The Kier molecular flexibility index (Phi) is 5.00. The van der Waals surface area contributed by atoms with Crippen molar-refractivity contribution in [3.8, 4) is 0 Å². The van der Waals surface area contributed by atoms with E-state index in [0.29, 0.717) is 17.7 Å². The number of carbonyl (C=O) groups excluding carboxylic acids is 2. The maximum atomic E-state index is 12.0. The molecule has 23 heavy (non-hydrogen) atoms. The molecule has 2 rings (SSSR count). The maximum absolute atomic E-state index is 12.0. The predicted molar refractivity (Wildman–Crippen MR) is 88.3 cm³/mol. The van der Waals surface area contributed by atoms with Gasteiger partial charge in [-0.05, 0) is 50.6 Å². The molecule has 5 N–H and O–H groups in total. The highest BCUT2D eigenvalue weighted by Gasteiger charge is 2.11. The van der Waals surface area contributed by atoms with Gasteiger partial charge in [-0.1, -0.05) is 0 Å². The summed E-state index contributed by atoms with van der Waals surface area (Å²) in [6.07, 6.45) is 0.636. The van der Waals surface area contributed by atoms with Crippen LogP contribution in [0.5, 0.6) is 0 Å². The molecule has 2 aromatic rings. The van der Waals surface area contributed by atoms with Crippen LogP contribution >= 0.6 is 0 Å². The van der Waals surface area contributed by atoms with Crippen LogP contribution < -0.4 is 16.4 Å². The Morgan fingerprint density at radius 2 is 2.04 bits per heavy atom. The highest BCUT2D eigenvalue weighted by molar-refractivity contribution is 5.95. The van der Waals surface area contributed by atoms with Gasteiger partial charge in [0, 0.05) is 29.4 Å². The molecule has 122 valence electrons. The highest BCUT2D eigenvalue weighted by atomic mass is 16.2. The monoisotopic (exact) mass is 315 g/mol. The van der Waals surface area contributed by atoms with E-state index in [1.54, 1.807) is 25.1 Å². The number of primary amides is 1. The van der Waals surface area contributed by atoms with Crippen molar-refractivity contribution in [1.82, 2.24) is 15.5 Å². The SMILES string of the molecule is Cc1cc(C[C@@H](C)NC(=O)Nc2ccc(C(N)=O)cc2C)n[nH]1. The number of hydrogen-bond acceptors (Lipinski definition) is 3. The van der Waals surface area contributed by atoms with Gasteiger partial charge in [-0.2, -0.15) is 5.10 Å². The largest absolute Gasteiger partial charge is 0.366 e. The lowest BCUT2D eigenvalue weighted by atomic mass is 10.1. The zero-order valence-corrected chi connectivity index (χ0v) is 13.4. The van der Waals surface area contributed by atoms with Gasteiger partial charge in [0.2, 0.25) is 5.91 Å². The average Bonchev–Trinajstić information content (AvgIpc) is 2.85. The van der Waals surface area contributed by atoms with E-state index in [9.17, 15) is 9.59 Å². The molecule has 0 saturated carbocycles. The molecule has 1 atom stereocenters. The first kappa shape index (κ1) is 16.5. The first-order valence-electron chi connectivity index (χ1n) is 7.34. The lowest BCUT2D eigenvalue weighted by Gasteiger charge is -2.15. The van der Waals surface area contributed by atoms with Crippen molar-refractivity contribution < 1.29 is 9.59 Å². The Hall–Kier alpha value is -2.83. The molecule has 0 aliphatic heterocycles. The van der Waals surface area contributed by atoms with Gasteiger partial charge in [0.1, 0.15) is 0 Å². The Morgan fingerprint density at radius 1 is 1.30 bits per heavy atom. The summed E-state index contributed by atoms with van der Waals surface area (Å²) in [7, 11) is 0. The zero-order chi connectivity index (χ0) is 17.0. The number of nitrogens with one attached hydrogen (secondary N) is 3. The molecule has 0 aliphatic rings. The molecule has 1 heterocycles. The first-order chi connectivity index (χ1) is 10.8. The number of H-pyrrole nitrogens is 1. The summed E-state index contributed by atoms with van der Waals surface area (Å²) < 4.78 is 0. The molecule has 0 saturated heterocycles. The van der Waals surface area contributed by atoms with E-state index in [2.05, 4.69) is 20.8 Å². The van der Waals surface area contributed by atoms with Crippen molar-refractivity contribution in [2.75, 3.05) is 5.32 Å². The van der Waals surface area contributed by atoms with Gasteiger partial charge < -0.3 is 16.4 Å². The second-order valence-electron chi connectivity index (χ2n) is 5.64. The molecule has 7 heteroatoms. The molecule has 7 nitrogen and oxygen atoms in total. The normalized spacial score (nSPS) is 11.8. The summed E-state index contributed by atoms with van der Waals surface area (Å²) in [5, 5.41) is 12.6. The number of carbonyl (C=O) groups is 2. The summed E-state index contributed by atoms with van der Waals surface area (Å²) in [5.74, 6) is -0.494. The molecule has 0 unspecified atom stereocenters. The van der Waals surface area contributed by atoms with Crippen molar-refractivity contribution in [3.05, 3.63) is 46.8 Å². The van der Waals surface area contributed by atoms with Crippen LogP contribution in [0.25, 0.3) is 0 Å². The van der Waals surface area contributed by atoms with E-state index in [1.807, 2.05) is 19.9 Å². The van der Waals surface area contributed by atoms with Crippen LogP contribution in [0.2, 0.25) is 0 Å². The number of aryl methyl sites for hydroxylation is 2. The maximum Gasteiger partial charge on any atom is 0.319 e. The van der Waals surface area contributed by atoms with E-state index in [4.69, 9.17) is 5.73 Å². The fraction of sp³-hybridized carbons (Fsp3) is 0.312. The van der Waals surface area contributed by atoms with E-state index in [-0.39, 0.29) is 12.1 Å². The van der Waals surface area contributed by atoms with Crippen molar-refractivity contribution in [2.45, 2.75) is 33.2 Å². The third-order valence-corrected chi connectivity index (χ3v) is 3.41. The van der Waals surface area contributed by atoms with Crippen LogP contribution in [-0.4, -0.2) is 28.2 Å². The summed E-state index contributed by atoms with van der Waals surface area (Å²) >= 11 is 0. The van der Waals surface area contributed by atoms with Crippen LogP contribution in [0.4, 0.5) is 10.5 Å². The van der Waals surface area contributed by atoms with Crippen LogP contribution in [0, 0.1) is 13.8 Å². The number of amides is 3. The summed E-state index contributed by atoms with van der Waals surface area (Å²) in [6, 6.07) is 6.47. The number of aromatic amines is 1. The third-order valence-electron chi connectivity index (χ3n) is 3.41. The van der Waals surface area contributed by atoms with Gasteiger partial charge in [0.15, 0.2) is 0 Å². The molecule has 0 aliphatic carbocycles. The summed E-state index contributed by atoms with van der Waals surface area (Å²) in [6.45, 7) is 5.64. The Labute approximate surface area is 134 Å². The number of nitrogens with two attached hydrogens (primary N) is 1. The molecule has 0 radical (unpaired) electrons. The van der Waals surface area contributed by atoms with Gasteiger partial charge in [-0.25, -0.2) is 4.79 Å². The Morgan fingerprint density at radius 3 is 2.61 bits per heavy atom. The lowest BCUT2D eigenvalue weighted by Crippen LogP contribution is -2.37. The number of nitrogens with zero attached hydrogens (tertiary/aromatic N) is 1. The first-order valence-corrected chi connectivity index (χ1v) is 7.34. The average molecular weight is 315 g/mol. The molecule has 1 aromatic heterocycles. The van der Waals surface area contributed by atoms with Crippen LogP contribution in [0.15, 0.2) is 24.3 Å². The van der Waals surface area contributed by atoms with Crippen LogP contribution in [-0.2, 0) is 6.42 Å². The van der Waals surface area contributed by atoms with Gasteiger partial charge >= 0.3 is 6.03 Å². The number of aromatic nitrogens is 2. The quantitative estimate of drug-likeness (QED) is 0.675. The number of anilines is 1. The summed E-state index contributed by atoms with van der Waals surface area (Å²) in [5.41, 5.74) is 8.93. The zero-order valence-electron chi connectivity index (χ0n) is 13.4. The van der Waals surface area contributed by atoms with Crippen molar-refractivity contribution >= 4 is 17.6 Å². The van der Waals surface area contributed by atoms with E-state index in [1.165, 1.54) is 0 Å². The molecular formula is C16H21N5O2. The third kappa shape index (κ3) is 4.57. The Bertz CT molecular complexity index is 723.